The smallest absolute Gasteiger partial charge is 0.310 e. The van der Waals surface area contributed by atoms with E-state index in [-0.39, 0.29) is 0 Å². The lowest BCUT2D eigenvalue weighted by Gasteiger charge is -2.40. The average molecular weight is 371 g/mol. The van der Waals surface area contributed by atoms with Crippen LogP contribution in [-0.4, -0.2) is 0 Å². The highest BCUT2D eigenvalue weighted by Crippen LogP contribution is 3.02. The summed E-state index contributed by atoms with van der Waals surface area (Å²) in [4.78, 5) is -0.209. The molecule has 0 amide bonds. The second-order valence-corrected chi connectivity index (χ2v) is 7.88. The van der Waals surface area contributed by atoms with Crippen LogP contribution < -0.4 is 4.90 Å². The molecule has 0 aliphatic rings. The predicted molar refractivity (Wildman–Crippen MR) is 92.5 cm³/mol. The Balaban J connectivity index is 2.10. The lowest BCUT2D eigenvalue weighted by molar-refractivity contribution is 0.364. The first-order valence-corrected chi connectivity index (χ1v) is 9.24. The topological polar surface area (TPSA) is 3.24 Å². The van der Waals surface area contributed by atoms with Gasteiger partial charge in [0.05, 0.1) is 0 Å². The Morgan fingerprint density at radius 3 is 1.20 bits per heavy atom. The Morgan fingerprint density at radius 1 is 0.480 bits per heavy atom. The average Bonchev–Trinajstić information content (AvgIpc) is 2.56. The van der Waals surface area contributed by atoms with Crippen molar-refractivity contribution in [1.29, 1.82) is 0 Å². The van der Waals surface area contributed by atoms with Gasteiger partial charge in [0.1, 0.15) is 4.90 Å². The van der Waals surface area contributed by atoms with Gasteiger partial charge >= 0.3 is 10.2 Å². The SMILES string of the molecule is FS(F)(F)(F)(F)c1ccc(N(c2ccccc2)c2ccccc2)cc1. The van der Waals surface area contributed by atoms with Gasteiger partial charge in [-0.1, -0.05) is 55.8 Å². The van der Waals surface area contributed by atoms with Crippen LogP contribution in [0, 0.1) is 0 Å². The van der Waals surface area contributed by atoms with Crippen molar-refractivity contribution >= 4 is 27.3 Å². The fourth-order valence-corrected chi connectivity index (χ4v) is 3.10. The number of benzene rings is 3. The third kappa shape index (κ3) is 3.93. The molecule has 0 atom stereocenters. The maximum absolute atomic E-state index is 12.9. The first-order valence-electron chi connectivity index (χ1n) is 7.29. The minimum absolute atomic E-state index is 0.350. The number of anilines is 3. The highest BCUT2D eigenvalue weighted by molar-refractivity contribution is 8.45. The molecule has 0 fully saturated rings. The molecule has 3 aromatic rings. The third-order valence-electron chi connectivity index (χ3n) is 3.57. The van der Waals surface area contributed by atoms with Crippen molar-refractivity contribution in [3.8, 4) is 0 Å². The van der Waals surface area contributed by atoms with Crippen LogP contribution >= 0.6 is 10.2 Å². The van der Waals surface area contributed by atoms with E-state index in [2.05, 4.69) is 0 Å². The monoisotopic (exact) mass is 371 g/mol. The Bertz CT molecular complexity index is 823. The molecule has 3 aromatic carbocycles. The molecule has 0 aliphatic heterocycles. The summed E-state index contributed by atoms with van der Waals surface area (Å²) >= 11 is 0. The van der Waals surface area contributed by atoms with Crippen LogP contribution in [0.3, 0.4) is 0 Å². The summed E-state index contributed by atoms with van der Waals surface area (Å²) in [6, 6.07) is 20.8. The second-order valence-electron chi connectivity index (χ2n) is 5.47. The van der Waals surface area contributed by atoms with Crippen LogP contribution in [0.2, 0.25) is 0 Å². The largest absolute Gasteiger partial charge is 0.311 e. The van der Waals surface area contributed by atoms with Crippen LogP contribution in [0.15, 0.2) is 89.8 Å². The van der Waals surface area contributed by atoms with Crippen molar-refractivity contribution in [1.82, 2.24) is 0 Å². The number of para-hydroxylation sites is 2. The highest BCUT2D eigenvalue weighted by atomic mass is 32.5. The Labute approximate surface area is 142 Å². The van der Waals surface area contributed by atoms with Gasteiger partial charge in [-0.3, -0.25) is 0 Å². The van der Waals surface area contributed by atoms with Crippen LogP contribution in [-0.2, 0) is 0 Å². The zero-order chi connectivity index (χ0) is 18.2. The van der Waals surface area contributed by atoms with Crippen molar-refractivity contribution in [2.45, 2.75) is 4.90 Å². The van der Waals surface area contributed by atoms with Gasteiger partial charge in [-0.15, -0.1) is 0 Å². The van der Waals surface area contributed by atoms with E-state index in [4.69, 9.17) is 0 Å². The molecule has 25 heavy (non-hydrogen) atoms. The minimum atomic E-state index is -9.68. The molecule has 0 aromatic heterocycles. The molecule has 1 nitrogen and oxygen atoms in total. The fraction of sp³-hybridized carbons (Fsp3) is 0. The van der Waals surface area contributed by atoms with E-state index in [0.29, 0.717) is 29.2 Å². The molecule has 132 valence electrons. The van der Waals surface area contributed by atoms with Crippen molar-refractivity contribution in [3.05, 3.63) is 84.9 Å². The summed E-state index contributed by atoms with van der Waals surface area (Å²) in [5.74, 6) is 0. The summed E-state index contributed by atoms with van der Waals surface area (Å²) in [5.41, 5.74) is 1.76. The number of halogens is 5. The van der Waals surface area contributed by atoms with Crippen LogP contribution in [0.1, 0.15) is 0 Å². The van der Waals surface area contributed by atoms with Gasteiger partial charge in [0.15, 0.2) is 0 Å². The molecule has 0 spiro atoms. The van der Waals surface area contributed by atoms with E-state index in [1.54, 1.807) is 53.4 Å². The number of nitrogens with zero attached hydrogens (tertiary/aromatic N) is 1. The first-order chi connectivity index (χ1) is 11.5. The minimum Gasteiger partial charge on any atom is -0.311 e. The van der Waals surface area contributed by atoms with Gasteiger partial charge in [-0.05, 0) is 48.5 Å². The van der Waals surface area contributed by atoms with Gasteiger partial charge < -0.3 is 4.90 Å². The molecule has 3 rings (SSSR count). The lowest BCUT2D eigenvalue weighted by Crippen LogP contribution is -2.11. The van der Waals surface area contributed by atoms with E-state index in [9.17, 15) is 19.4 Å². The molecule has 0 bridgehead atoms. The lowest BCUT2D eigenvalue weighted by atomic mass is 10.2. The number of rotatable bonds is 4. The molecule has 0 radical (unpaired) electrons. The van der Waals surface area contributed by atoms with E-state index in [1.807, 2.05) is 12.1 Å². The molecular weight excluding hydrogens is 357 g/mol. The molecule has 0 unspecified atom stereocenters. The molecule has 0 saturated heterocycles. The normalized spacial score (nSPS) is 14.4. The highest BCUT2D eigenvalue weighted by Gasteiger charge is 2.65. The Morgan fingerprint density at radius 2 is 0.840 bits per heavy atom. The molecule has 0 heterocycles. The van der Waals surface area contributed by atoms with E-state index < -0.39 is 15.1 Å². The Kier molecular flexibility index (Phi) is 3.61. The van der Waals surface area contributed by atoms with Gasteiger partial charge in [0, 0.05) is 17.1 Å². The van der Waals surface area contributed by atoms with E-state index >= 15 is 0 Å². The van der Waals surface area contributed by atoms with E-state index in [0.717, 1.165) is 12.1 Å². The number of hydrogen-bond acceptors (Lipinski definition) is 1. The summed E-state index contributed by atoms with van der Waals surface area (Å²) in [7, 11) is -9.68. The quantitative estimate of drug-likeness (QED) is 0.423. The second kappa shape index (κ2) is 5.23. The van der Waals surface area contributed by atoms with Crippen LogP contribution in [0.4, 0.5) is 36.5 Å². The fourth-order valence-electron chi connectivity index (χ4n) is 2.45. The zero-order valence-corrected chi connectivity index (χ0v) is 13.6. The molecule has 0 saturated carbocycles. The maximum atomic E-state index is 12.9. The van der Waals surface area contributed by atoms with E-state index in [1.165, 1.54) is 0 Å². The summed E-state index contributed by atoms with van der Waals surface area (Å²) in [6.45, 7) is 0. The van der Waals surface area contributed by atoms with Crippen LogP contribution in [0.25, 0.3) is 0 Å². The molecule has 0 N–H and O–H groups in total. The van der Waals surface area contributed by atoms with Crippen molar-refractivity contribution in [3.63, 3.8) is 0 Å². The van der Waals surface area contributed by atoms with Gasteiger partial charge in [0.2, 0.25) is 0 Å². The van der Waals surface area contributed by atoms with Gasteiger partial charge in [-0.2, -0.15) is 0 Å². The standard InChI is InChI=1S/C18H14F5NS/c19-25(20,21,22,23)18-13-11-17(12-14-18)24(15-7-3-1-4-8-15)16-9-5-2-6-10-16/h1-14H. The van der Waals surface area contributed by atoms with Crippen molar-refractivity contribution in [2.75, 3.05) is 4.90 Å². The molecule has 0 aliphatic carbocycles. The molecule has 7 heteroatoms. The summed E-state index contributed by atoms with van der Waals surface area (Å²) < 4.78 is 64.6. The summed E-state index contributed by atoms with van der Waals surface area (Å²) in [6.07, 6.45) is 0. The molecular formula is C18H14F5NS. The van der Waals surface area contributed by atoms with Gasteiger partial charge in [0.25, 0.3) is 0 Å². The van der Waals surface area contributed by atoms with Crippen molar-refractivity contribution in [2.24, 2.45) is 0 Å². The van der Waals surface area contributed by atoms with Gasteiger partial charge in [-0.25, -0.2) is 0 Å². The summed E-state index contributed by atoms with van der Waals surface area (Å²) in [5, 5.41) is 0. The van der Waals surface area contributed by atoms with Crippen LogP contribution in [0.5, 0.6) is 0 Å². The third-order valence-corrected chi connectivity index (χ3v) is 4.73. The maximum Gasteiger partial charge on any atom is 0.310 e. The predicted octanol–water partition coefficient (Wildman–Crippen LogP) is 7.81. The Hall–Kier alpha value is -2.54. The zero-order valence-electron chi connectivity index (χ0n) is 12.8. The van der Waals surface area contributed by atoms with Crippen molar-refractivity contribution < 1.29 is 19.4 Å². The first kappa shape index (κ1) is 17.3. The number of hydrogen-bond donors (Lipinski definition) is 0.